The summed E-state index contributed by atoms with van der Waals surface area (Å²) in [5, 5.41) is 11.9. The molecule has 1 amide bonds. The van der Waals surface area contributed by atoms with Gasteiger partial charge in [0.15, 0.2) is 0 Å². The smallest absolute Gasteiger partial charge is 0.326 e. The van der Waals surface area contributed by atoms with Crippen LogP contribution in [0.3, 0.4) is 0 Å². The van der Waals surface area contributed by atoms with Gasteiger partial charge in [0, 0.05) is 5.02 Å². The number of carbonyl (C=O) groups excluding carboxylic acids is 1. The van der Waals surface area contributed by atoms with Gasteiger partial charge in [-0.3, -0.25) is 4.79 Å². The van der Waals surface area contributed by atoms with Crippen LogP contribution in [-0.2, 0) is 4.79 Å². The molecule has 1 aromatic carbocycles. The Hall–Kier alpha value is -1.75. The number of carboxylic acids is 1. The van der Waals surface area contributed by atoms with Gasteiger partial charge in [0.25, 0.3) is 5.91 Å². The van der Waals surface area contributed by atoms with Gasteiger partial charge in [-0.1, -0.05) is 25.4 Å². The van der Waals surface area contributed by atoms with Crippen molar-refractivity contribution >= 4 is 23.5 Å². The van der Waals surface area contributed by atoms with E-state index in [1.807, 2.05) is 0 Å². The van der Waals surface area contributed by atoms with Gasteiger partial charge < -0.3 is 15.2 Å². The van der Waals surface area contributed by atoms with E-state index in [2.05, 4.69) is 5.32 Å². The summed E-state index contributed by atoms with van der Waals surface area (Å²) in [7, 11) is 1.43. The number of carbonyl (C=O) groups is 2. The fourth-order valence-corrected chi connectivity index (χ4v) is 1.76. The normalized spacial score (nSPS) is 12.1. The Balaban J connectivity index is 3.00. The molecule has 0 aromatic heterocycles. The van der Waals surface area contributed by atoms with E-state index in [0.717, 1.165) is 0 Å². The maximum Gasteiger partial charge on any atom is 0.326 e. The molecule has 104 valence electrons. The number of carboxylic acid groups (broad SMARTS) is 1. The van der Waals surface area contributed by atoms with Crippen molar-refractivity contribution in [3.63, 3.8) is 0 Å². The van der Waals surface area contributed by atoms with Crippen molar-refractivity contribution in [1.82, 2.24) is 5.32 Å². The molecule has 0 saturated carbocycles. The van der Waals surface area contributed by atoms with Gasteiger partial charge in [0.2, 0.25) is 0 Å². The second-order valence-corrected chi connectivity index (χ2v) is 4.81. The van der Waals surface area contributed by atoms with Crippen LogP contribution in [0.15, 0.2) is 18.2 Å². The number of halogens is 1. The average Bonchev–Trinajstić information content (AvgIpc) is 2.34. The number of hydrogen-bond acceptors (Lipinski definition) is 3. The summed E-state index contributed by atoms with van der Waals surface area (Å²) < 4.78 is 5.06. The number of benzene rings is 1. The highest BCUT2D eigenvalue weighted by Crippen LogP contribution is 2.22. The molecule has 0 spiro atoms. The van der Waals surface area contributed by atoms with E-state index < -0.39 is 17.9 Å². The summed E-state index contributed by atoms with van der Waals surface area (Å²) in [6.45, 7) is 3.43. The second kappa shape index (κ2) is 6.43. The Morgan fingerprint density at radius 2 is 2.00 bits per heavy atom. The lowest BCUT2D eigenvalue weighted by Gasteiger charge is -2.18. The van der Waals surface area contributed by atoms with E-state index >= 15 is 0 Å². The summed E-state index contributed by atoms with van der Waals surface area (Å²) in [6, 6.07) is 3.63. The van der Waals surface area contributed by atoms with Gasteiger partial charge in [-0.25, -0.2) is 4.79 Å². The van der Waals surface area contributed by atoms with Crippen LogP contribution >= 0.6 is 11.6 Å². The predicted octanol–water partition coefficient (Wildman–Crippen LogP) is 2.19. The first-order chi connectivity index (χ1) is 8.86. The molecular formula is C13H16ClNO4. The number of nitrogens with one attached hydrogen (secondary N) is 1. The zero-order chi connectivity index (χ0) is 14.6. The maximum atomic E-state index is 12.1. The zero-order valence-electron chi connectivity index (χ0n) is 10.9. The van der Waals surface area contributed by atoms with Gasteiger partial charge >= 0.3 is 5.97 Å². The van der Waals surface area contributed by atoms with Crippen LogP contribution in [0.4, 0.5) is 0 Å². The van der Waals surface area contributed by atoms with E-state index in [-0.39, 0.29) is 11.5 Å². The Kier molecular flexibility index (Phi) is 5.18. The van der Waals surface area contributed by atoms with Crippen molar-refractivity contribution in [2.75, 3.05) is 7.11 Å². The lowest BCUT2D eigenvalue weighted by Crippen LogP contribution is -2.44. The molecule has 1 atom stereocenters. The van der Waals surface area contributed by atoms with Crippen LogP contribution in [0.2, 0.25) is 5.02 Å². The average molecular weight is 286 g/mol. The highest BCUT2D eigenvalue weighted by molar-refractivity contribution is 6.31. The van der Waals surface area contributed by atoms with Crippen molar-refractivity contribution in [3.05, 3.63) is 28.8 Å². The molecule has 0 aliphatic heterocycles. The first kappa shape index (κ1) is 15.3. The summed E-state index contributed by atoms with van der Waals surface area (Å²) in [5.74, 6) is -1.49. The lowest BCUT2D eigenvalue weighted by molar-refractivity contribution is -0.140. The molecule has 0 aliphatic carbocycles. The van der Waals surface area contributed by atoms with E-state index in [1.54, 1.807) is 26.0 Å². The third kappa shape index (κ3) is 3.86. The van der Waals surface area contributed by atoms with Gasteiger partial charge in [-0.2, -0.15) is 0 Å². The Morgan fingerprint density at radius 1 is 1.37 bits per heavy atom. The van der Waals surface area contributed by atoms with Crippen LogP contribution in [0.25, 0.3) is 0 Å². The number of methoxy groups -OCH3 is 1. The molecule has 2 N–H and O–H groups in total. The second-order valence-electron chi connectivity index (χ2n) is 4.38. The van der Waals surface area contributed by atoms with Gasteiger partial charge in [0.1, 0.15) is 11.8 Å². The molecule has 6 heteroatoms. The summed E-state index contributed by atoms with van der Waals surface area (Å²) in [6.07, 6.45) is 0. The Morgan fingerprint density at radius 3 is 2.47 bits per heavy atom. The van der Waals surface area contributed by atoms with Gasteiger partial charge in [-0.05, 0) is 24.1 Å². The molecule has 0 saturated heterocycles. The molecule has 0 radical (unpaired) electrons. The minimum absolute atomic E-state index is 0.210. The molecule has 1 rings (SSSR count). The van der Waals surface area contributed by atoms with E-state index in [0.29, 0.717) is 10.8 Å². The largest absolute Gasteiger partial charge is 0.496 e. The van der Waals surface area contributed by atoms with Crippen molar-refractivity contribution in [2.24, 2.45) is 5.92 Å². The third-order valence-corrected chi connectivity index (χ3v) is 2.86. The summed E-state index contributed by atoms with van der Waals surface area (Å²) in [5.41, 5.74) is 0.210. The quantitative estimate of drug-likeness (QED) is 0.869. The fraction of sp³-hybridized carbons (Fsp3) is 0.385. The highest BCUT2D eigenvalue weighted by Gasteiger charge is 2.25. The summed E-state index contributed by atoms with van der Waals surface area (Å²) in [4.78, 5) is 23.1. The number of rotatable bonds is 5. The molecule has 5 nitrogen and oxygen atoms in total. The molecule has 0 heterocycles. The van der Waals surface area contributed by atoms with Crippen LogP contribution < -0.4 is 10.1 Å². The monoisotopic (exact) mass is 285 g/mol. The highest BCUT2D eigenvalue weighted by atomic mass is 35.5. The molecule has 19 heavy (non-hydrogen) atoms. The van der Waals surface area contributed by atoms with Crippen molar-refractivity contribution in [3.8, 4) is 5.75 Å². The molecular weight excluding hydrogens is 270 g/mol. The first-order valence-electron chi connectivity index (χ1n) is 5.74. The molecule has 0 aliphatic rings. The standard InChI is InChI=1S/C13H16ClNO4/c1-7(2)11(13(17)18)15-12(16)9-6-8(14)4-5-10(9)19-3/h4-7,11H,1-3H3,(H,15,16)(H,17,18)/t11-/m0/s1. The molecule has 0 bridgehead atoms. The van der Waals surface area contributed by atoms with Crippen LogP contribution in [-0.4, -0.2) is 30.1 Å². The molecule has 0 fully saturated rings. The SMILES string of the molecule is COc1ccc(Cl)cc1C(=O)N[C@H](C(=O)O)C(C)C. The van der Waals surface area contributed by atoms with E-state index in [1.165, 1.54) is 13.2 Å². The molecule has 0 unspecified atom stereocenters. The Bertz CT molecular complexity index is 488. The number of ether oxygens (including phenoxy) is 1. The number of hydrogen-bond donors (Lipinski definition) is 2. The minimum atomic E-state index is -1.08. The van der Waals surface area contributed by atoms with Crippen molar-refractivity contribution < 1.29 is 19.4 Å². The topological polar surface area (TPSA) is 75.6 Å². The van der Waals surface area contributed by atoms with E-state index in [9.17, 15) is 9.59 Å². The predicted molar refractivity (Wildman–Crippen MR) is 71.7 cm³/mol. The summed E-state index contributed by atoms with van der Waals surface area (Å²) >= 11 is 5.83. The van der Waals surface area contributed by atoms with Crippen molar-refractivity contribution in [1.29, 1.82) is 0 Å². The maximum absolute atomic E-state index is 12.1. The van der Waals surface area contributed by atoms with Gasteiger partial charge in [-0.15, -0.1) is 0 Å². The zero-order valence-corrected chi connectivity index (χ0v) is 11.7. The van der Waals surface area contributed by atoms with E-state index in [4.69, 9.17) is 21.4 Å². The Labute approximate surface area is 116 Å². The number of amides is 1. The van der Waals surface area contributed by atoms with Crippen LogP contribution in [0.5, 0.6) is 5.75 Å². The fourth-order valence-electron chi connectivity index (χ4n) is 1.59. The number of aliphatic carboxylic acids is 1. The van der Waals surface area contributed by atoms with Crippen LogP contribution in [0, 0.1) is 5.92 Å². The van der Waals surface area contributed by atoms with Crippen LogP contribution in [0.1, 0.15) is 24.2 Å². The lowest BCUT2D eigenvalue weighted by atomic mass is 10.0. The third-order valence-electron chi connectivity index (χ3n) is 2.63. The first-order valence-corrected chi connectivity index (χ1v) is 6.11. The molecule has 1 aromatic rings. The van der Waals surface area contributed by atoms with Crippen molar-refractivity contribution in [2.45, 2.75) is 19.9 Å². The van der Waals surface area contributed by atoms with Gasteiger partial charge in [0.05, 0.1) is 12.7 Å². The minimum Gasteiger partial charge on any atom is -0.496 e.